The quantitative estimate of drug-likeness (QED) is 0.557. The fourth-order valence-electron chi connectivity index (χ4n) is 1.38. The third kappa shape index (κ3) is 1.67. The van der Waals surface area contributed by atoms with Crippen LogP contribution in [0.3, 0.4) is 0 Å². The molecule has 2 heterocycles. The molecule has 70 valence electrons. The molecule has 1 aromatic heterocycles. The molecule has 0 radical (unpaired) electrons. The van der Waals surface area contributed by atoms with Crippen molar-refractivity contribution in [1.29, 1.82) is 0 Å². The summed E-state index contributed by atoms with van der Waals surface area (Å²) in [4.78, 5) is 14.6. The Hall–Kier alpha value is -2.02. The first-order valence-corrected chi connectivity index (χ1v) is 4.30. The molecule has 2 rings (SSSR count). The zero-order chi connectivity index (χ0) is 9.97. The van der Waals surface area contributed by atoms with Gasteiger partial charge in [0.15, 0.2) is 0 Å². The standard InChI is InChI=1S/C10H9N3O/c11-9(14)2-1-7-5-8-3-4-12-10(8)13-6-7/h5-6H,3-4H2,(H2,11,14)(H,12,13). The highest BCUT2D eigenvalue weighted by Crippen LogP contribution is 2.19. The molecular weight excluding hydrogens is 178 g/mol. The van der Waals surface area contributed by atoms with Crippen LogP contribution < -0.4 is 11.1 Å². The second-order valence-corrected chi connectivity index (χ2v) is 3.02. The number of carbonyl (C=O) groups excluding carboxylic acids is 1. The highest BCUT2D eigenvalue weighted by atomic mass is 16.1. The minimum Gasteiger partial charge on any atom is -0.370 e. The van der Waals surface area contributed by atoms with E-state index in [0.717, 1.165) is 29.9 Å². The second-order valence-electron chi connectivity index (χ2n) is 3.02. The summed E-state index contributed by atoms with van der Waals surface area (Å²) in [5.74, 6) is 5.23. The molecule has 0 saturated carbocycles. The Morgan fingerprint density at radius 2 is 2.50 bits per heavy atom. The van der Waals surface area contributed by atoms with Gasteiger partial charge in [0.2, 0.25) is 0 Å². The number of anilines is 1. The van der Waals surface area contributed by atoms with Crippen molar-refractivity contribution in [3.63, 3.8) is 0 Å². The molecule has 14 heavy (non-hydrogen) atoms. The third-order valence-electron chi connectivity index (χ3n) is 1.98. The molecule has 1 aromatic rings. The van der Waals surface area contributed by atoms with Crippen molar-refractivity contribution in [3.05, 3.63) is 23.4 Å². The number of nitrogens with two attached hydrogens (primary N) is 1. The minimum absolute atomic E-state index is 0.622. The molecule has 4 nitrogen and oxygen atoms in total. The van der Waals surface area contributed by atoms with Crippen LogP contribution in [0.1, 0.15) is 11.1 Å². The molecule has 0 atom stereocenters. The largest absolute Gasteiger partial charge is 0.370 e. The fraction of sp³-hybridized carbons (Fsp3) is 0.200. The molecule has 4 heteroatoms. The van der Waals surface area contributed by atoms with E-state index in [1.54, 1.807) is 6.20 Å². The van der Waals surface area contributed by atoms with Gasteiger partial charge in [0, 0.05) is 24.2 Å². The van der Waals surface area contributed by atoms with E-state index in [9.17, 15) is 4.79 Å². The van der Waals surface area contributed by atoms with E-state index in [1.165, 1.54) is 0 Å². The zero-order valence-corrected chi connectivity index (χ0v) is 7.50. The first kappa shape index (κ1) is 8.57. The Balaban J connectivity index is 2.30. The van der Waals surface area contributed by atoms with Gasteiger partial charge >= 0.3 is 0 Å². The maximum absolute atomic E-state index is 10.4. The van der Waals surface area contributed by atoms with Gasteiger partial charge < -0.3 is 11.1 Å². The first-order chi connectivity index (χ1) is 6.75. The van der Waals surface area contributed by atoms with Crippen LogP contribution in [0.15, 0.2) is 12.3 Å². The number of carbonyl (C=O) groups is 1. The summed E-state index contributed by atoms with van der Waals surface area (Å²) in [6.07, 6.45) is 2.58. The third-order valence-corrected chi connectivity index (χ3v) is 1.98. The van der Waals surface area contributed by atoms with Crippen molar-refractivity contribution in [2.75, 3.05) is 11.9 Å². The van der Waals surface area contributed by atoms with Gasteiger partial charge in [-0.15, -0.1) is 0 Å². The van der Waals surface area contributed by atoms with E-state index >= 15 is 0 Å². The van der Waals surface area contributed by atoms with Gasteiger partial charge in [0.05, 0.1) is 0 Å². The SMILES string of the molecule is NC(=O)C#Cc1cnc2c(c1)CCN2. The summed E-state index contributed by atoms with van der Waals surface area (Å²) in [7, 11) is 0. The number of aromatic nitrogens is 1. The highest BCUT2D eigenvalue weighted by Gasteiger charge is 2.10. The molecule has 0 bridgehead atoms. The van der Waals surface area contributed by atoms with Crippen LogP contribution in [0.25, 0.3) is 0 Å². The van der Waals surface area contributed by atoms with Crippen LogP contribution in [-0.4, -0.2) is 17.4 Å². The van der Waals surface area contributed by atoms with Crippen molar-refractivity contribution in [3.8, 4) is 11.8 Å². The van der Waals surface area contributed by atoms with Crippen LogP contribution in [0.2, 0.25) is 0 Å². The number of nitrogens with one attached hydrogen (secondary N) is 1. The summed E-state index contributed by atoms with van der Waals surface area (Å²) in [6.45, 7) is 0.912. The van der Waals surface area contributed by atoms with Gasteiger partial charge in [-0.05, 0) is 18.1 Å². The Bertz CT molecular complexity index is 442. The maximum Gasteiger partial charge on any atom is 0.293 e. The lowest BCUT2D eigenvalue weighted by Crippen LogP contribution is -2.06. The Morgan fingerprint density at radius 3 is 3.29 bits per heavy atom. The summed E-state index contributed by atoms with van der Waals surface area (Å²) in [5.41, 5.74) is 6.78. The number of nitrogens with zero attached hydrogens (tertiary/aromatic N) is 1. The van der Waals surface area contributed by atoms with Gasteiger partial charge in [-0.1, -0.05) is 5.92 Å². The number of hydrogen-bond acceptors (Lipinski definition) is 3. The molecule has 0 spiro atoms. The van der Waals surface area contributed by atoms with Crippen molar-refractivity contribution >= 4 is 11.7 Å². The normalized spacial score (nSPS) is 12.3. The second kappa shape index (κ2) is 3.38. The topological polar surface area (TPSA) is 68.0 Å². The lowest BCUT2D eigenvalue weighted by Gasteiger charge is -1.97. The molecule has 0 aliphatic carbocycles. The molecule has 1 aliphatic rings. The van der Waals surface area contributed by atoms with Crippen LogP contribution in [0.4, 0.5) is 5.82 Å². The molecule has 0 aromatic carbocycles. The van der Waals surface area contributed by atoms with E-state index in [1.807, 2.05) is 6.07 Å². The van der Waals surface area contributed by atoms with Crippen LogP contribution >= 0.6 is 0 Å². The minimum atomic E-state index is -0.622. The first-order valence-electron chi connectivity index (χ1n) is 4.30. The fourth-order valence-corrected chi connectivity index (χ4v) is 1.38. The van der Waals surface area contributed by atoms with Gasteiger partial charge in [-0.2, -0.15) is 0 Å². The summed E-state index contributed by atoms with van der Waals surface area (Å²) < 4.78 is 0. The monoisotopic (exact) mass is 187 g/mol. The summed E-state index contributed by atoms with van der Waals surface area (Å²) in [6, 6.07) is 1.93. The van der Waals surface area contributed by atoms with E-state index in [-0.39, 0.29) is 0 Å². The van der Waals surface area contributed by atoms with Crippen molar-refractivity contribution in [1.82, 2.24) is 4.98 Å². The number of amides is 1. The summed E-state index contributed by atoms with van der Waals surface area (Å²) in [5, 5.41) is 3.14. The molecule has 0 fully saturated rings. The average Bonchev–Trinajstić information content (AvgIpc) is 2.61. The molecule has 0 unspecified atom stereocenters. The molecular formula is C10H9N3O. The Labute approximate surface area is 81.5 Å². The van der Waals surface area contributed by atoms with E-state index in [2.05, 4.69) is 22.1 Å². The molecule has 1 aliphatic heterocycles. The molecule has 3 N–H and O–H groups in total. The number of rotatable bonds is 0. The Kier molecular flexibility index (Phi) is 2.07. The lowest BCUT2D eigenvalue weighted by molar-refractivity contribution is -0.112. The van der Waals surface area contributed by atoms with Crippen molar-refractivity contribution in [2.24, 2.45) is 5.73 Å². The maximum atomic E-state index is 10.4. The van der Waals surface area contributed by atoms with Crippen LogP contribution in [0, 0.1) is 11.8 Å². The predicted molar refractivity (Wildman–Crippen MR) is 52.5 cm³/mol. The molecule has 0 saturated heterocycles. The Morgan fingerprint density at radius 1 is 1.64 bits per heavy atom. The van der Waals surface area contributed by atoms with Crippen LogP contribution in [-0.2, 0) is 11.2 Å². The van der Waals surface area contributed by atoms with Gasteiger partial charge in [0.1, 0.15) is 5.82 Å². The van der Waals surface area contributed by atoms with Gasteiger partial charge in [-0.25, -0.2) is 4.98 Å². The number of fused-ring (bicyclic) bond motifs is 1. The van der Waals surface area contributed by atoms with E-state index in [4.69, 9.17) is 5.73 Å². The molecule has 1 amide bonds. The number of pyridine rings is 1. The predicted octanol–water partition coefficient (Wildman–Crippen LogP) is -0.114. The van der Waals surface area contributed by atoms with Gasteiger partial charge in [-0.3, -0.25) is 4.79 Å². The van der Waals surface area contributed by atoms with Gasteiger partial charge in [0.25, 0.3) is 5.91 Å². The zero-order valence-electron chi connectivity index (χ0n) is 7.50. The highest BCUT2D eigenvalue weighted by molar-refractivity contribution is 5.92. The smallest absolute Gasteiger partial charge is 0.293 e. The summed E-state index contributed by atoms with van der Waals surface area (Å²) >= 11 is 0. The average molecular weight is 187 g/mol. The van der Waals surface area contributed by atoms with Crippen LogP contribution in [0.5, 0.6) is 0 Å². The lowest BCUT2D eigenvalue weighted by atomic mass is 10.2. The number of primary amides is 1. The van der Waals surface area contributed by atoms with E-state index < -0.39 is 5.91 Å². The number of hydrogen-bond donors (Lipinski definition) is 2. The van der Waals surface area contributed by atoms with Crippen molar-refractivity contribution in [2.45, 2.75) is 6.42 Å². The van der Waals surface area contributed by atoms with Crippen molar-refractivity contribution < 1.29 is 4.79 Å². The van der Waals surface area contributed by atoms with E-state index in [0.29, 0.717) is 0 Å².